The van der Waals surface area contributed by atoms with Crippen molar-refractivity contribution >= 4 is 11.6 Å². The maximum atomic E-state index is 13.1. The van der Waals surface area contributed by atoms with Gasteiger partial charge in [0.15, 0.2) is 0 Å². The van der Waals surface area contributed by atoms with E-state index in [-0.39, 0.29) is 18.1 Å². The number of benzene rings is 2. The Morgan fingerprint density at radius 3 is 2.36 bits per heavy atom. The smallest absolute Gasteiger partial charge is 0.260 e. The molecule has 2 aromatic carbocycles. The molecule has 0 saturated carbocycles. The van der Waals surface area contributed by atoms with Crippen molar-refractivity contribution in [2.75, 3.05) is 11.4 Å². The van der Waals surface area contributed by atoms with Gasteiger partial charge in [-0.15, -0.1) is 0 Å². The average molecular weight is 449 g/mol. The number of aryl methyl sites for hydroxylation is 1. The number of aromatic nitrogens is 2. The fraction of sp³-hybridized carbons (Fsp3) is 0.160. The monoisotopic (exact) mass is 449 g/mol. The van der Waals surface area contributed by atoms with Gasteiger partial charge in [-0.05, 0) is 25.1 Å². The molecule has 4 rings (SSSR count). The molecule has 0 aliphatic heterocycles. The van der Waals surface area contributed by atoms with Crippen LogP contribution in [0.2, 0.25) is 0 Å². The third-order valence-electron chi connectivity index (χ3n) is 5.01. The number of hydrogen-bond donors (Lipinski definition) is 0. The number of alkyl halides is 2. The van der Waals surface area contributed by atoms with Crippen LogP contribution < -0.4 is 9.64 Å². The Bertz CT molecular complexity index is 1200. The van der Waals surface area contributed by atoms with Gasteiger partial charge in [-0.1, -0.05) is 53.7 Å². The number of halogens is 2. The summed E-state index contributed by atoms with van der Waals surface area (Å²) in [5.41, 5.74) is 2.94. The van der Waals surface area contributed by atoms with Crippen molar-refractivity contribution in [1.82, 2.24) is 10.1 Å². The molecule has 0 N–H and O–H groups in total. The number of rotatable bonds is 8. The van der Waals surface area contributed by atoms with E-state index >= 15 is 0 Å². The minimum absolute atomic E-state index is 0.168. The van der Waals surface area contributed by atoms with Gasteiger partial charge in [0.05, 0.1) is 17.7 Å². The molecule has 0 radical (unpaired) electrons. The number of carbonyl (C=O) groups is 1. The van der Waals surface area contributed by atoms with Crippen molar-refractivity contribution in [3.05, 3.63) is 95.9 Å². The Morgan fingerprint density at radius 1 is 1.03 bits per heavy atom. The first-order valence-corrected chi connectivity index (χ1v) is 10.3. The Labute approximate surface area is 189 Å². The highest BCUT2D eigenvalue weighted by Gasteiger charge is 2.22. The molecule has 0 bridgehead atoms. The number of amides is 1. The minimum Gasteiger partial charge on any atom is -0.473 e. The summed E-state index contributed by atoms with van der Waals surface area (Å²) in [6, 6.07) is 21.0. The third-order valence-corrected chi connectivity index (χ3v) is 5.01. The van der Waals surface area contributed by atoms with Gasteiger partial charge in [0.2, 0.25) is 5.88 Å². The lowest BCUT2D eigenvalue weighted by Crippen LogP contribution is -2.35. The summed E-state index contributed by atoms with van der Waals surface area (Å²) in [7, 11) is 0. The summed E-state index contributed by atoms with van der Waals surface area (Å²) >= 11 is 0. The molecule has 1 amide bonds. The van der Waals surface area contributed by atoms with Crippen LogP contribution in [-0.4, -0.2) is 29.0 Å². The molecule has 0 atom stereocenters. The van der Waals surface area contributed by atoms with Crippen LogP contribution >= 0.6 is 0 Å². The highest BCUT2D eigenvalue weighted by Crippen LogP contribution is 2.26. The van der Waals surface area contributed by atoms with Crippen LogP contribution in [0.4, 0.5) is 14.5 Å². The largest absolute Gasteiger partial charge is 0.473 e. The lowest BCUT2D eigenvalue weighted by atomic mass is 10.1. The second-order valence-corrected chi connectivity index (χ2v) is 7.25. The molecular weight excluding hydrogens is 428 g/mol. The maximum absolute atomic E-state index is 13.1. The second-order valence-electron chi connectivity index (χ2n) is 7.25. The molecular formula is C25H21F2N3O3. The molecule has 2 aromatic heterocycles. The zero-order valence-electron chi connectivity index (χ0n) is 17.8. The first-order valence-electron chi connectivity index (χ1n) is 10.3. The highest BCUT2D eigenvalue weighted by atomic mass is 19.3. The number of ether oxygens (including phenoxy) is 1. The fourth-order valence-corrected chi connectivity index (χ4v) is 3.33. The summed E-state index contributed by atoms with van der Waals surface area (Å²) in [4.78, 5) is 18.1. The highest BCUT2D eigenvalue weighted by molar-refractivity contribution is 6.05. The van der Waals surface area contributed by atoms with Gasteiger partial charge in [0.25, 0.3) is 12.3 Å². The molecule has 0 aliphatic rings. The van der Waals surface area contributed by atoms with Gasteiger partial charge in [0, 0.05) is 23.5 Å². The predicted octanol–water partition coefficient (Wildman–Crippen LogP) is 5.54. The van der Waals surface area contributed by atoms with E-state index in [9.17, 15) is 13.6 Å². The van der Waals surface area contributed by atoms with E-state index < -0.39 is 18.9 Å². The number of pyridine rings is 1. The standard InChI is InChI=1S/C25H21F2N3O3/c1-17-21(24(29-33-17)18-8-4-2-5-9-18)16-32-23-13-12-19(14-28-23)25(31)30(15-22(26)27)20-10-6-3-7-11-20/h2-14,22H,15-16H2,1H3. The SMILES string of the molecule is Cc1onc(-c2ccccc2)c1COc1ccc(C(=O)N(CC(F)F)c2ccccc2)cn1. The lowest BCUT2D eigenvalue weighted by Gasteiger charge is -2.22. The number of hydrogen-bond acceptors (Lipinski definition) is 5. The quantitative estimate of drug-likeness (QED) is 0.354. The Kier molecular flexibility index (Phi) is 6.73. The van der Waals surface area contributed by atoms with Crippen molar-refractivity contribution in [3.8, 4) is 17.1 Å². The Hall–Kier alpha value is -4.07. The Morgan fingerprint density at radius 2 is 1.73 bits per heavy atom. The van der Waals surface area contributed by atoms with Crippen molar-refractivity contribution < 1.29 is 22.8 Å². The van der Waals surface area contributed by atoms with Crippen LogP contribution in [-0.2, 0) is 6.61 Å². The lowest BCUT2D eigenvalue weighted by molar-refractivity contribution is 0.0945. The molecule has 0 saturated heterocycles. The molecule has 8 heteroatoms. The van der Waals surface area contributed by atoms with E-state index in [2.05, 4.69) is 10.1 Å². The summed E-state index contributed by atoms with van der Waals surface area (Å²) in [6.07, 6.45) is -1.35. The molecule has 6 nitrogen and oxygen atoms in total. The number of anilines is 1. The van der Waals surface area contributed by atoms with Crippen molar-refractivity contribution in [3.63, 3.8) is 0 Å². The van der Waals surface area contributed by atoms with Crippen LogP contribution in [0.1, 0.15) is 21.7 Å². The van der Waals surface area contributed by atoms with Crippen molar-refractivity contribution in [1.29, 1.82) is 0 Å². The molecule has 4 aromatic rings. The number of para-hydroxylation sites is 1. The van der Waals surface area contributed by atoms with Crippen LogP contribution in [0.3, 0.4) is 0 Å². The maximum Gasteiger partial charge on any atom is 0.260 e. The van der Waals surface area contributed by atoms with Gasteiger partial charge in [-0.3, -0.25) is 4.79 Å². The van der Waals surface area contributed by atoms with Gasteiger partial charge >= 0.3 is 0 Å². The second kappa shape index (κ2) is 10.0. The first-order chi connectivity index (χ1) is 16.0. The van der Waals surface area contributed by atoms with Gasteiger partial charge < -0.3 is 14.2 Å². The van der Waals surface area contributed by atoms with Gasteiger partial charge in [-0.25, -0.2) is 13.8 Å². The number of carbonyl (C=O) groups excluding carboxylic acids is 1. The van der Waals surface area contributed by atoms with Gasteiger partial charge in [-0.2, -0.15) is 0 Å². The van der Waals surface area contributed by atoms with Crippen LogP contribution in [0.25, 0.3) is 11.3 Å². The van der Waals surface area contributed by atoms with Crippen molar-refractivity contribution in [2.24, 2.45) is 0 Å². The Balaban J connectivity index is 1.48. The summed E-state index contributed by atoms with van der Waals surface area (Å²) in [5.74, 6) is 0.347. The molecule has 0 spiro atoms. The topological polar surface area (TPSA) is 68.5 Å². The summed E-state index contributed by atoms with van der Waals surface area (Å²) in [5, 5.41) is 4.12. The minimum atomic E-state index is -2.67. The zero-order chi connectivity index (χ0) is 23.2. The molecule has 33 heavy (non-hydrogen) atoms. The molecule has 0 fully saturated rings. The van der Waals surface area contributed by atoms with Crippen LogP contribution in [0, 0.1) is 6.92 Å². The summed E-state index contributed by atoms with van der Waals surface area (Å²) in [6.45, 7) is 1.26. The van der Waals surface area contributed by atoms with Crippen LogP contribution in [0.15, 0.2) is 83.5 Å². The first kappa shape index (κ1) is 22.1. The van der Waals surface area contributed by atoms with E-state index in [0.29, 0.717) is 17.1 Å². The normalized spacial score (nSPS) is 10.9. The van der Waals surface area contributed by atoms with Crippen LogP contribution in [0.5, 0.6) is 5.88 Å². The molecule has 168 valence electrons. The molecule has 2 heterocycles. The zero-order valence-corrected chi connectivity index (χ0v) is 17.8. The van der Waals surface area contributed by atoms with E-state index in [1.165, 1.54) is 18.3 Å². The van der Waals surface area contributed by atoms with E-state index in [1.807, 2.05) is 30.3 Å². The van der Waals surface area contributed by atoms with E-state index in [0.717, 1.165) is 16.0 Å². The van der Waals surface area contributed by atoms with E-state index in [4.69, 9.17) is 9.26 Å². The average Bonchev–Trinajstić information content (AvgIpc) is 3.22. The van der Waals surface area contributed by atoms with Gasteiger partial charge in [0.1, 0.15) is 18.1 Å². The molecule has 0 aliphatic carbocycles. The van der Waals surface area contributed by atoms with Crippen molar-refractivity contribution in [2.45, 2.75) is 20.0 Å². The third kappa shape index (κ3) is 5.23. The van der Waals surface area contributed by atoms with E-state index in [1.54, 1.807) is 37.3 Å². The summed E-state index contributed by atoms with van der Waals surface area (Å²) < 4.78 is 37.3. The molecule has 0 unspecified atom stereocenters. The predicted molar refractivity (Wildman–Crippen MR) is 119 cm³/mol. The number of nitrogens with zero attached hydrogens (tertiary/aromatic N) is 3. The fourth-order valence-electron chi connectivity index (χ4n) is 3.33.